The van der Waals surface area contributed by atoms with Gasteiger partial charge in [0.15, 0.2) is 0 Å². The Morgan fingerprint density at radius 3 is 2.43 bits per heavy atom. The van der Waals surface area contributed by atoms with Crippen LogP contribution in [-0.4, -0.2) is 9.97 Å². The van der Waals surface area contributed by atoms with Crippen LogP contribution in [0, 0.1) is 0 Å². The van der Waals surface area contributed by atoms with Gasteiger partial charge in [-0.25, -0.2) is 9.97 Å². The van der Waals surface area contributed by atoms with Gasteiger partial charge in [-0.3, -0.25) is 0 Å². The molecule has 0 aliphatic heterocycles. The summed E-state index contributed by atoms with van der Waals surface area (Å²) in [4.78, 5) is 7.89. The van der Waals surface area contributed by atoms with Crippen LogP contribution in [0.2, 0.25) is 0 Å². The van der Waals surface area contributed by atoms with Gasteiger partial charge in [0.25, 0.3) is 0 Å². The second kappa shape index (κ2) is 3.33. The smallest absolute Gasteiger partial charge is 0.220 e. The monoisotopic (exact) mass is 186 g/mol. The Morgan fingerprint density at radius 2 is 1.71 bits per heavy atom. The molecule has 0 bridgehead atoms. The molecular formula is C10H10N4. The van der Waals surface area contributed by atoms with Crippen LogP contribution in [0.1, 0.15) is 0 Å². The molecular weight excluding hydrogens is 176 g/mol. The van der Waals surface area contributed by atoms with Crippen LogP contribution in [0.15, 0.2) is 36.5 Å². The number of nitrogens with zero attached hydrogens (tertiary/aromatic N) is 2. The molecule has 0 atom stereocenters. The second-order valence-corrected chi connectivity index (χ2v) is 2.90. The predicted molar refractivity (Wildman–Crippen MR) is 56.3 cm³/mol. The van der Waals surface area contributed by atoms with Crippen molar-refractivity contribution in [1.82, 2.24) is 9.97 Å². The molecule has 0 unspecified atom stereocenters. The normalized spacial score (nSPS) is 10.0. The first-order valence-electron chi connectivity index (χ1n) is 4.21. The molecule has 14 heavy (non-hydrogen) atoms. The quantitative estimate of drug-likeness (QED) is 0.703. The molecule has 4 nitrogen and oxygen atoms in total. The second-order valence-electron chi connectivity index (χ2n) is 2.90. The molecule has 4 N–H and O–H groups in total. The number of aromatic nitrogens is 2. The Balaban J connectivity index is 2.57. The van der Waals surface area contributed by atoms with Crippen molar-refractivity contribution in [1.29, 1.82) is 0 Å². The fourth-order valence-electron chi connectivity index (χ4n) is 1.23. The number of hydrogen-bond acceptors (Lipinski definition) is 4. The van der Waals surface area contributed by atoms with Crippen LogP contribution in [0.3, 0.4) is 0 Å². The molecule has 0 radical (unpaired) electrons. The largest absolute Gasteiger partial charge is 0.396 e. The fraction of sp³-hybridized carbons (Fsp3) is 0. The van der Waals surface area contributed by atoms with Gasteiger partial charge in [0.2, 0.25) is 5.95 Å². The van der Waals surface area contributed by atoms with Crippen LogP contribution in [0.25, 0.3) is 11.3 Å². The Labute approximate surface area is 81.6 Å². The molecule has 1 heterocycles. The minimum Gasteiger partial charge on any atom is -0.396 e. The average Bonchev–Trinajstić information content (AvgIpc) is 2.23. The van der Waals surface area contributed by atoms with E-state index in [1.165, 1.54) is 6.20 Å². The first-order chi connectivity index (χ1) is 6.77. The molecule has 4 heteroatoms. The van der Waals surface area contributed by atoms with Gasteiger partial charge in [0.1, 0.15) is 0 Å². The standard InChI is InChI=1S/C10H10N4/c11-8-6-13-10(12)14-9(8)7-4-2-1-3-5-7/h1-6H,11H2,(H2,12,13,14). The van der Waals surface area contributed by atoms with Gasteiger partial charge in [-0.15, -0.1) is 0 Å². The number of benzene rings is 1. The number of anilines is 2. The van der Waals surface area contributed by atoms with Gasteiger partial charge in [-0.1, -0.05) is 30.3 Å². The number of nitrogen functional groups attached to an aromatic ring is 2. The van der Waals surface area contributed by atoms with Crippen molar-refractivity contribution in [2.24, 2.45) is 0 Å². The molecule has 0 spiro atoms. The van der Waals surface area contributed by atoms with Crippen LogP contribution < -0.4 is 11.5 Å². The molecule has 0 saturated carbocycles. The summed E-state index contributed by atoms with van der Waals surface area (Å²) in [6.07, 6.45) is 1.52. The predicted octanol–water partition coefficient (Wildman–Crippen LogP) is 1.31. The van der Waals surface area contributed by atoms with E-state index in [4.69, 9.17) is 11.5 Å². The summed E-state index contributed by atoms with van der Waals surface area (Å²) < 4.78 is 0. The summed E-state index contributed by atoms with van der Waals surface area (Å²) in [5, 5.41) is 0. The lowest BCUT2D eigenvalue weighted by molar-refractivity contribution is 1.19. The first kappa shape index (κ1) is 8.50. The zero-order valence-electron chi connectivity index (χ0n) is 7.51. The van der Waals surface area contributed by atoms with Crippen molar-refractivity contribution in [2.75, 3.05) is 11.5 Å². The SMILES string of the molecule is Nc1ncc(N)c(-c2ccccc2)n1. The van der Waals surface area contributed by atoms with Gasteiger partial charge >= 0.3 is 0 Å². The van der Waals surface area contributed by atoms with Crippen molar-refractivity contribution in [2.45, 2.75) is 0 Å². The van der Waals surface area contributed by atoms with Gasteiger partial charge in [0.05, 0.1) is 17.6 Å². The molecule has 70 valence electrons. The van der Waals surface area contributed by atoms with Crippen molar-refractivity contribution in [3.63, 3.8) is 0 Å². The Hall–Kier alpha value is -2.10. The number of rotatable bonds is 1. The Kier molecular flexibility index (Phi) is 2.02. The lowest BCUT2D eigenvalue weighted by Crippen LogP contribution is -2.00. The molecule has 0 aliphatic carbocycles. The highest BCUT2D eigenvalue weighted by molar-refractivity contribution is 5.72. The minimum absolute atomic E-state index is 0.234. The highest BCUT2D eigenvalue weighted by atomic mass is 15.0. The van der Waals surface area contributed by atoms with Crippen molar-refractivity contribution >= 4 is 11.6 Å². The third-order valence-electron chi connectivity index (χ3n) is 1.88. The highest BCUT2D eigenvalue weighted by Gasteiger charge is 2.04. The van der Waals surface area contributed by atoms with Gasteiger partial charge in [-0.2, -0.15) is 0 Å². The average molecular weight is 186 g/mol. The minimum atomic E-state index is 0.234. The third kappa shape index (κ3) is 1.50. The molecule has 1 aromatic carbocycles. The van der Waals surface area contributed by atoms with Crippen LogP contribution in [-0.2, 0) is 0 Å². The maximum absolute atomic E-state index is 5.74. The highest BCUT2D eigenvalue weighted by Crippen LogP contribution is 2.22. The number of nitrogens with two attached hydrogens (primary N) is 2. The third-order valence-corrected chi connectivity index (χ3v) is 1.88. The van der Waals surface area contributed by atoms with E-state index in [1.54, 1.807) is 0 Å². The molecule has 0 aliphatic rings. The lowest BCUT2D eigenvalue weighted by atomic mass is 10.1. The molecule has 0 amide bonds. The summed E-state index contributed by atoms with van der Waals surface area (Å²) in [5.74, 6) is 0.234. The summed E-state index contributed by atoms with van der Waals surface area (Å²) in [6, 6.07) is 9.64. The molecule has 1 aromatic heterocycles. The van der Waals surface area contributed by atoms with Crippen molar-refractivity contribution < 1.29 is 0 Å². The maximum atomic E-state index is 5.74. The van der Waals surface area contributed by atoms with Crippen molar-refractivity contribution in [3.8, 4) is 11.3 Å². The van der Waals surface area contributed by atoms with E-state index in [9.17, 15) is 0 Å². The summed E-state index contributed by atoms with van der Waals surface area (Å²) >= 11 is 0. The van der Waals surface area contributed by atoms with Crippen molar-refractivity contribution in [3.05, 3.63) is 36.5 Å². The molecule has 0 fully saturated rings. The van der Waals surface area contributed by atoms with E-state index in [0.29, 0.717) is 11.4 Å². The van der Waals surface area contributed by atoms with Gasteiger partial charge in [0, 0.05) is 5.56 Å². The summed E-state index contributed by atoms with van der Waals surface area (Å²) in [7, 11) is 0. The van der Waals surface area contributed by atoms with E-state index in [-0.39, 0.29) is 5.95 Å². The fourth-order valence-corrected chi connectivity index (χ4v) is 1.23. The summed E-state index contributed by atoms with van der Waals surface area (Å²) in [6.45, 7) is 0. The van der Waals surface area contributed by atoms with E-state index < -0.39 is 0 Å². The van der Waals surface area contributed by atoms with Gasteiger partial charge < -0.3 is 11.5 Å². The first-order valence-corrected chi connectivity index (χ1v) is 4.21. The van der Waals surface area contributed by atoms with E-state index in [1.807, 2.05) is 30.3 Å². The van der Waals surface area contributed by atoms with E-state index in [0.717, 1.165) is 5.56 Å². The van der Waals surface area contributed by atoms with Crippen LogP contribution >= 0.6 is 0 Å². The maximum Gasteiger partial charge on any atom is 0.220 e. The zero-order valence-corrected chi connectivity index (χ0v) is 7.51. The topological polar surface area (TPSA) is 77.8 Å². The molecule has 0 saturated heterocycles. The van der Waals surface area contributed by atoms with E-state index in [2.05, 4.69) is 9.97 Å². The Morgan fingerprint density at radius 1 is 1.00 bits per heavy atom. The van der Waals surface area contributed by atoms with Crippen LogP contribution in [0.4, 0.5) is 11.6 Å². The molecule has 2 aromatic rings. The number of hydrogen-bond donors (Lipinski definition) is 2. The van der Waals surface area contributed by atoms with Crippen LogP contribution in [0.5, 0.6) is 0 Å². The zero-order chi connectivity index (χ0) is 9.97. The lowest BCUT2D eigenvalue weighted by Gasteiger charge is -2.04. The summed E-state index contributed by atoms with van der Waals surface area (Å²) in [5.41, 5.74) is 13.4. The van der Waals surface area contributed by atoms with E-state index >= 15 is 0 Å². The Bertz CT molecular complexity index is 439. The molecule has 2 rings (SSSR count). The van der Waals surface area contributed by atoms with Gasteiger partial charge in [-0.05, 0) is 0 Å².